The van der Waals surface area contributed by atoms with E-state index in [1.807, 2.05) is 6.20 Å². The van der Waals surface area contributed by atoms with E-state index in [2.05, 4.69) is 29.4 Å². The van der Waals surface area contributed by atoms with E-state index in [0.29, 0.717) is 5.92 Å². The predicted molar refractivity (Wildman–Crippen MR) is 72.6 cm³/mol. The number of nitrogens with zero attached hydrogens (tertiary/aromatic N) is 1. The van der Waals surface area contributed by atoms with Crippen LogP contribution in [0.2, 0.25) is 0 Å². The Kier molecular flexibility index (Phi) is 4.58. The number of fused-ring (bicyclic) bond motifs is 1. The highest BCUT2D eigenvalue weighted by molar-refractivity contribution is 5.79. The van der Waals surface area contributed by atoms with Gasteiger partial charge in [-0.1, -0.05) is 13.8 Å². The summed E-state index contributed by atoms with van der Waals surface area (Å²) in [5, 5.41) is 19.3. The summed E-state index contributed by atoms with van der Waals surface area (Å²) in [5.41, 5.74) is 2.31. The first-order valence-corrected chi connectivity index (χ1v) is 7.02. The van der Waals surface area contributed by atoms with Crippen molar-refractivity contribution in [2.75, 3.05) is 6.61 Å². The first-order chi connectivity index (χ1) is 9.10. The monoisotopic (exact) mass is 265 g/mol. The molecule has 5 nitrogen and oxygen atoms in total. The van der Waals surface area contributed by atoms with Gasteiger partial charge >= 0.3 is 0 Å². The van der Waals surface area contributed by atoms with E-state index in [0.717, 1.165) is 31.4 Å². The molecule has 0 fully saturated rings. The van der Waals surface area contributed by atoms with Gasteiger partial charge in [0, 0.05) is 18.0 Å². The molecule has 0 saturated heterocycles. The molecule has 1 amide bonds. The molecule has 0 saturated carbocycles. The second-order valence-electron chi connectivity index (χ2n) is 5.83. The Bertz CT molecular complexity index is 428. The van der Waals surface area contributed by atoms with Gasteiger partial charge in [-0.3, -0.25) is 9.89 Å². The number of aliphatic hydroxyl groups is 1. The van der Waals surface area contributed by atoms with Crippen LogP contribution in [0.15, 0.2) is 6.20 Å². The lowest BCUT2D eigenvalue weighted by Gasteiger charge is -2.24. The molecule has 1 aromatic heterocycles. The molecule has 19 heavy (non-hydrogen) atoms. The molecule has 0 aromatic carbocycles. The van der Waals surface area contributed by atoms with Crippen molar-refractivity contribution in [1.82, 2.24) is 15.5 Å². The highest BCUT2D eigenvalue weighted by Crippen LogP contribution is 2.24. The Labute approximate surface area is 113 Å². The van der Waals surface area contributed by atoms with E-state index in [1.54, 1.807) is 0 Å². The minimum absolute atomic E-state index is 0.00541. The molecule has 2 atom stereocenters. The molecule has 0 radical (unpaired) electrons. The van der Waals surface area contributed by atoms with E-state index in [4.69, 9.17) is 0 Å². The molecule has 0 bridgehead atoms. The number of aromatic nitrogens is 2. The summed E-state index contributed by atoms with van der Waals surface area (Å²) in [5.74, 6) is 0.511. The maximum absolute atomic E-state index is 12.2. The number of nitrogens with one attached hydrogen (secondary N) is 2. The van der Waals surface area contributed by atoms with Gasteiger partial charge in [-0.15, -0.1) is 0 Å². The van der Waals surface area contributed by atoms with Gasteiger partial charge in [0.15, 0.2) is 0 Å². The number of amides is 1. The minimum atomic E-state index is -0.129. The van der Waals surface area contributed by atoms with Crippen LogP contribution in [0.3, 0.4) is 0 Å². The Morgan fingerprint density at radius 1 is 1.63 bits per heavy atom. The van der Waals surface area contributed by atoms with E-state index < -0.39 is 0 Å². The van der Waals surface area contributed by atoms with Crippen LogP contribution in [0.25, 0.3) is 0 Å². The molecule has 106 valence electrons. The first-order valence-electron chi connectivity index (χ1n) is 7.02. The number of hydrogen-bond acceptors (Lipinski definition) is 3. The number of aromatic amines is 1. The number of carbonyl (C=O) groups excluding carboxylic acids is 1. The normalized spacial score (nSPS) is 20.1. The van der Waals surface area contributed by atoms with Crippen molar-refractivity contribution in [3.05, 3.63) is 17.5 Å². The SMILES string of the molecule is CC(C)CC(CO)NC(=O)C1CCc2cn[nH]c2C1. The van der Waals surface area contributed by atoms with Gasteiger partial charge in [0.25, 0.3) is 0 Å². The van der Waals surface area contributed by atoms with Crippen molar-refractivity contribution in [3.63, 3.8) is 0 Å². The molecular weight excluding hydrogens is 242 g/mol. The van der Waals surface area contributed by atoms with Crippen LogP contribution in [-0.2, 0) is 17.6 Å². The van der Waals surface area contributed by atoms with Crippen LogP contribution in [0.5, 0.6) is 0 Å². The van der Waals surface area contributed by atoms with Crippen molar-refractivity contribution < 1.29 is 9.90 Å². The number of carbonyl (C=O) groups is 1. The zero-order valence-corrected chi connectivity index (χ0v) is 11.6. The van der Waals surface area contributed by atoms with E-state index in [9.17, 15) is 9.90 Å². The van der Waals surface area contributed by atoms with Crippen LogP contribution >= 0.6 is 0 Å². The predicted octanol–water partition coefficient (Wildman–Crippen LogP) is 1.04. The van der Waals surface area contributed by atoms with Crippen molar-refractivity contribution in [2.24, 2.45) is 11.8 Å². The van der Waals surface area contributed by atoms with Crippen molar-refractivity contribution in [3.8, 4) is 0 Å². The molecule has 0 aliphatic heterocycles. The fourth-order valence-electron chi connectivity index (χ4n) is 2.70. The van der Waals surface area contributed by atoms with Gasteiger partial charge < -0.3 is 10.4 Å². The molecule has 3 N–H and O–H groups in total. The van der Waals surface area contributed by atoms with Gasteiger partial charge in [-0.2, -0.15) is 5.10 Å². The van der Waals surface area contributed by atoms with Crippen molar-refractivity contribution in [1.29, 1.82) is 0 Å². The van der Waals surface area contributed by atoms with Gasteiger partial charge in [0.05, 0.1) is 18.8 Å². The molecule has 1 heterocycles. The number of rotatable bonds is 5. The lowest BCUT2D eigenvalue weighted by molar-refractivity contribution is -0.126. The van der Waals surface area contributed by atoms with Gasteiger partial charge in [-0.05, 0) is 30.7 Å². The standard InChI is InChI=1S/C14H23N3O2/c1-9(2)5-12(8-18)16-14(19)10-3-4-11-7-15-17-13(11)6-10/h7,9-10,12,18H,3-6,8H2,1-2H3,(H,15,17)(H,16,19). The Balaban J connectivity index is 1.90. The largest absolute Gasteiger partial charge is 0.394 e. The number of aryl methyl sites for hydroxylation is 1. The Morgan fingerprint density at radius 2 is 2.42 bits per heavy atom. The minimum Gasteiger partial charge on any atom is -0.394 e. The number of aliphatic hydroxyl groups excluding tert-OH is 1. The third kappa shape index (κ3) is 3.56. The summed E-state index contributed by atoms with van der Waals surface area (Å²) < 4.78 is 0. The summed E-state index contributed by atoms with van der Waals surface area (Å²) in [7, 11) is 0. The van der Waals surface area contributed by atoms with Crippen molar-refractivity contribution >= 4 is 5.91 Å². The summed E-state index contributed by atoms with van der Waals surface area (Å²) in [6.07, 6.45) is 5.14. The topological polar surface area (TPSA) is 78.0 Å². The summed E-state index contributed by atoms with van der Waals surface area (Å²) in [4.78, 5) is 12.2. The molecule has 0 spiro atoms. The summed E-state index contributed by atoms with van der Waals surface area (Å²) >= 11 is 0. The Hall–Kier alpha value is -1.36. The van der Waals surface area contributed by atoms with E-state index in [-0.39, 0.29) is 24.5 Å². The third-order valence-corrected chi connectivity index (χ3v) is 3.71. The quantitative estimate of drug-likeness (QED) is 0.744. The smallest absolute Gasteiger partial charge is 0.223 e. The van der Waals surface area contributed by atoms with Gasteiger partial charge in [-0.25, -0.2) is 0 Å². The average molecular weight is 265 g/mol. The number of hydrogen-bond donors (Lipinski definition) is 3. The fourth-order valence-corrected chi connectivity index (χ4v) is 2.70. The zero-order valence-electron chi connectivity index (χ0n) is 11.6. The van der Waals surface area contributed by atoms with Gasteiger partial charge in [0.2, 0.25) is 5.91 Å². The second kappa shape index (κ2) is 6.19. The summed E-state index contributed by atoms with van der Waals surface area (Å²) in [6.45, 7) is 4.19. The molecule has 2 unspecified atom stereocenters. The fraction of sp³-hybridized carbons (Fsp3) is 0.714. The molecule has 2 rings (SSSR count). The summed E-state index contributed by atoms with van der Waals surface area (Å²) in [6, 6.07) is -0.129. The van der Waals surface area contributed by atoms with E-state index >= 15 is 0 Å². The highest BCUT2D eigenvalue weighted by atomic mass is 16.3. The van der Waals surface area contributed by atoms with Gasteiger partial charge in [0.1, 0.15) is 0 Å². The van der Waals surface area contributed by atoms with Crippen LogP contribution in [0.1, 0.15) is 37.9 Å². The lowest BCUT2D eigenvalue weighted by Crippen LogP contribution is -2.43. The van der Waals surface area contributed by atoms with Crippen LogP contribution < -0.4 is 5.32 Å². The maximum atomic E-state index is 12.2. The Morgan fingerprint density at radius 3 is 3.11 bits per heavy atom. The first kappa shape index (κ1) is 14.1. The molecule has 1 aliphatic rings. The lowest BCUT2D eigenvalue weighted by atomic mass is 9.87. The molecular formula is C14H23N3O2. The number of H-pyrrole nitrogens is 1. The van der Waals surface area contributed by atoms with Crippen LogP contribution in [0, 0.1) is 11.8 Å². The average Bonchev–Trinajstić information content (AvgIpc) is 2.84. The molecule has 1 aliphatic carbocycles. The third-order valence-electron chi connectivity index (χ3n) is 3.71. The second-order valence-corrected chi connectivity index (χ2v) is 5.83. The molecule has 1 aromatic rings. The van der Waals surface area contributed by atoms with Crippen LogP contribution in [-0.4, -0.2) is 33.9 Å². The molecule has 5 heteroatoms. The van der Waals surface area contributed by atoms with Crippen LogP contribution in [0.4, 0.5) is 0 Å². The van der Waals surface area contributed by atoms with Crippen molar-refractivity contribution in [2.45, 2.75) is 45.6 Å². The zero-order chi connectivity index (χ0) is 13.8. The van der Waals surface area contributed by atoms with E-state index in [1.165, 1.54) is 5.56 Å². The highest BCUT2D eigenvalue weighted by Gasteiger charge is 2.27. The maximum Gasteiger partial charge on any atom is 0.223 e.